The van der Waals surface area contributed by atoms with Crippen molar-refractivity contribution in [2.75, 3.05) is 20.8 Å². The summed E-state index contributed by atoms with van der Waals surface area (Å²) in [5.74, 6) is 0.721. The van der Waals surface area contributed by atoms with E-state index in [0.29, 0.717) is 47.5 Å². The molecule has 1 fully saturated rings. The lowest BCUT2D eigenvalue weighted by atomic mass is 9.92. The van der Waals surface area contributed by atoms with Crippen molar-refractivity contribution < 1.29 is 28.2 Å². The van der Waals surface area contributed by atoms with Gasteiger partial charge in [-0.2, -0.15) is 0 Å². The SMILES string of the molecule is COc1cc2c(c3oc(=O)c4c(c13)CCC4=O)C1C(OC)COC1O2. The third-order valence-corrected chi connectivity index (χ3v) is 5.35. The molecule has 3 heterocycles. The van der Waals surface area contributed by atoms with Crippen molar-refractivity contribution in [1.29, 1.82) is 0 Å². The number of Topliss-reactive ketones (excluding diaryl/α,β-unsaturated/α-hetero) is 1. The van der Waals surface area contributed by atoms with Crippen molar-refractivity contribution >= 4 is 16.8 Å². The van der Waals surface area contributed by atoms with Crippen LogP contribution in [0, 0.1) is 0 Å². The Morgan fingerprint density at radius 1 is 1.20 bits per heavy atom. The summed E-state index contributed by atoms with van der Waals surface area (Å²) in [7, 11) is 3.16. The molecule has 1 aromatic heterocycles. The average molecular weight is 344 g/mol. The molecule has 3 unspecified atom stereocenters. The van der Waals surface area contributed by atoms with E-state index in [1.54, 1.807) is 20.3 Å². The number of aryl methyl sites for hydroxylation is 1. The first-order valence-electron chi connectivity index (χ1n) is 8.19. The molecule has 7 nitrogen and oxygen atoms in total. The first-order valence-corrected chi connectivity index (χ1v) is 8.19. The van der Waals surface area contributed by atoms with Gasteiger partial charge in [0.2, 0.25) is 6.29 Å². The fraction of sp³-hybridized carbons (Fsp3) is 0.444. The minimum Gasteiger partial charge on any atom is -0.496 e. The van der Waals surface area contributed by atoms with Crippen molar-refractivity contribution in [2.45, 2.75) is 31.2 Å². The van der Waals surface area contributed by atoms with Gasteiger partial charge in [0.05, 0.1) is 36.7 Å². The maximum Gasteiger partial charge on any atom is 0.347 e. The molecule has 5 rings (SSSR count). The van der Waals surface area contributed by atoms with E-state index in [0.717, 1.165) is 5.56 Å². The second kappa shape index (κ2) is 5.06. The minimum absolute atomic E-state index is 0.146. The van der Waals surface area contributed by atoms with E-state index in [9.17, 15) is 9.59 Å². The fourth-order valence-corrected chi connectivity index (χ4v) is 4.22. The molecule has 1 saturated heterocycles. The van der Waals surface area contributed by atoms with E-state index in [1.165, 1.54) is 0 Å². The van der Waals surface area contributed by atoms with Crippen LogP contribution in [0.1, 0.15) is 33.8 Å². The van der Waals surface area contributed by atoms with E-state index in [1.807, 2.05) is 0 Å². The highest BCUT2D eigenvalue weighted by molar-refractivity contribution is 6.06. The van der Waals surface area contributed by atoms with Crippen LogP contribution >= 0.6 is 0 Å². The maximum absolute atomic E-state index is 12.4. The van der Waals surface area contributed by atoms with E-state index in [2.05, 4.69) is 0 Å². The molecule has 3 aliphatic rings. The van der Waals surface area contributed by atoms with Crippen LogP contribution in [0.3, 0.4) is 0 Å². The molecule has 1 aliphatic carbocycles. The largest absolute Gasteiger partial charge is 0.496 e. The van der Waals surface area contributed by atoms with Gasteiger partial charge in [-0.05, 0) is 12.0 Å². The van der Waals surface area contributed by atoms with Crippen LogP contribution in [0.15, 0.2) is 15.3 Å². The molecule has 1 aromatic carbocycles. The molecule has 0 saturated carbocycles. The predicted octanol–water partition coefficient (Wildman–Crippen LogP) is 1.78. The number of rotatable bonds is 2. The first-order chi connectivity index (χ1) is 12.1. The quantitative estimate of drug-likeness (QED) is 0.768. The summed E-state index contributed by atoms with van der Waals surface area (Å²) >= 11 is 0. The highest BCUT2D eigenvalue weighted by atomic mass is 16.7. The normalized spacial score (nSPS) is 26.5. The lowest BCUT2D eigenvalue weighted by Crippen LogP contribution is -2.22. The van der Waals surface area contributed by atoms with Gasteiger partial charge in [0, 0.05) is 19.6 Å². The number of ketones is 1. The van der Waals surface area contributed by atoms with Crippen molar-refractivity contribution in [3.8, 4) is 11.5 Å². The van der Waals surface area contributed by atoms with Crippen LogP contribution in [0.5, 0.6) is 11.5 Å². The van der Waals surface area contributed by atoms with Gasteiger partial charge in [-0.1, -0.05) is 0 Å². The third-order valence-electron chi connectivity index (χ3n) is 5.35. The van der Waals surface area contributed by atoms with Crippen LogP contribution in [-0.2, 0) is 15.9 Å². The van der Waals surface area contributed by atoms with Gasteiger partial charge in [-0.15, -0.1) is 0 Å². The molecule has 130 valence electrons. The number of carbonyl (C=O) groups excluding carboxylic acids is 1. The summed E-state index contributed by atoms with van der Waals surface area (Å²) in [6.07, 6.45) is 0.148. The number of fused-ring (bicyclic) bond motifs is 7. The number of methoxy groups -OCH3 is 2. The molecule has 2 aromatic rings. The van der Waals surface area contributed by atoms with E-state index >= 15 is 0 Å². The molecular formula is C18H16O7. The van der Waals surface area contributed by atoms with Crippen LogP contribution < -0.4 is 15.1 Å². The number of carbonyl (C=O) groups is 1. The Hall–Kier alpha value is -2.38. The van der Waals surface area contributed by atoms with Crippen LogP contribution in [0.2, 0.25) is 0 Å². The standard InChI is InChI=1S/C18H16O7/c1-21-9-5-10-14(15-11(22-2)6-23-18(15)24-10)16-13(9)7-3-4-8(19)12(7)17(20)25-16/h5,11,15,18H,3-4,6H2,1-2H3. The Labute approximate surface area is 142 Å². The smallest absolute Gasteiger partial charge is 0.347 e. The first kappa shape index (κ1) is 14.9. The van der Waals surface area contributed by atoms with Crippen LogP contribution in [-0.4, -0.2) is 39.0 Å². The highest BCUT2D eigenvalue weighted by Crippen LogP contribution is 2.51. The Morgan fingerprint density at radius 3 is 2.80 bits per heavy atom. The van der Waals surface area contributed by atoms with Gasteiger partial charge in [0.1, 0.15) is 22.6 Å². The second-order valence-corrected chi connectivity index (χ2v) is 6.48. The van der Waals surface area contributed by atoms with Crippen LogP contribution in [0.4, 0.5) is 0 Å². The van der Waals surface area contributed by atoms with Gasteiger partial charge in [0.25, 0.3) is 0 Å². The summed E-state index contributed by atoms with van der Waals surface area (Å²) in [4.78, 5) is 24.5. The van der Waals surface area contributed by atoms with Crippen molar-refractivity contribution in [2.24, 2.45) is 0 Å². The zero-order chi connectivity index (χ0) is 17.3. The molecule has 0 N–H and O–H groups in total. The Kier molecular flexibility index (Phi) is 3.02. The topological polar surface area (TPSA) is 84.2 Å². The molecule has 2 aliphatic heterocycles. The van der Waals surface area contributed by atoms with Crippen LogP contribution in [0.25, 0.3) is 11.0 Å². The molecule has 25 heavy (non-hydrogen) atoms. The number of benzene rings is 1. The van der Waals surface area contributed by atoms with Gasteiger partial charge in [0.15, 0.2) is 5.78 Å². The van der Waals surface area contributed by atoms with Crippen molar-refractivity contribution in [1.82, 2.24) is 0 Å². The highest BCUT2D eigenvalue weighted by Gasteiger charge is 2.49. The molecule has 0 radical (unpaired) electrons. The predicted molar refractivity (Wildman–Crippen MR) is 85.6 cm³/mol. The lowest BCUT2D eigenvalue weighted by Gasteiger charge is -2.16. The van der Waals surface area contributed by atoms with E-state index in [4.69, 9.17) is 23.4 Å². The monoisotopic (exact) mass is 344 g/mol. The van der Waals surface area contributed by atoms with Gasteiger partial charge >= 0.3 is 5.63 Å². The molecule has 7 heteroatoms. The van der Waals surface area contributed by atoms with Crippen molar-refractivity contribution in [3.05, 3.63) is 33.2 Å². The Bertz CT molecular complexity index is 974. The van der Waals surface area contributed by atoms with E-state index < -0.39 is 11.9 Å². The van der Waals surface area contributed by atoms with Gasteiger partial charge < -0.3 is 23.4 Å². The molecule has 3 atom stereocenters. The zero-order valence-electron chi connectivity index (χ0n) is 13.8. The van der Waals surface area contributed by atoms with Gasteiger partial charge in [-0.25, -0.2) is 4.79 Å². The third kappa shape index (κ3) is 1.82. The summed E-state index contributed by atoms with van der Waals surface area (Å²) in [6.45, 7) is 0.409. The summed E-state index contributed by atoms with van der Waals surface area (Å²) < 4.78 is 28.2. The Balaban J connectivity index is 1.88. The lowest BCUT2D eigenvalue weighted by molar-refractivity contribution is -0.0353. The molecule has 0 amide bonds. The second-order valence-electron chi connectivity index (χ2n) is 6.48. The number of hydrogen-bond donors (Lipinski definition) is 0. The number of ether oxygens (including phenoxy) is 4. The zero-order valence-corrected chi connectivity index (χ0v) is 13.8. The Morgan fingerprint density at radius 2 is 2.04 bits per heavy atom. The summed E-state index contributed by atoms with van der Waals surface area (Å²) in [5.41, 5.74) is 1.41. The fourth-order valence-electron chi connectivity index (χ4n) is 4.22. The number of hydrogen-bond acceptors (Lipinski definition) is 7. The maximum atomic E-state index is 12.4. The molecular weight excluding hydrogens is 328 g/mol. The summed E-state index contributed by atoms with van der Waals surface area (Å²) in [5, 5.41) is 0.674. The molecule has 0 spiro atoms. The summed E-state index contributed by atoms with van der Waals surface area (Å²) in [6, 6.07) is 1.77. The minimum atomic E-state index is -0.600. The molecule has 0 bridgehead atoms. The average Bonchev–Trinajstić information content (AvgIpc) is 3.27. The van der Waals surface area contributed by atoms with Crippen molar-refractivity contribution in [3.63, 3.8) is 0 Å². The van der Waals surface area contributed by atoms with E-state index in [-0.39, 0.29) is 23.4 Å². The van der Waals surface area contributed by atoms with Gasteiger partial charge in [-0.3, -0.25) is 4.79 Å².